The molecule has 0 amide bonds. The number of anilines is 3. The zero-order valence-electron chi connectivity index (χ0n) is 19.3. The second kappa shape index (κ2) is 8.10. The lowest BCUT2D eigenvalue weighted by Crippen LogP contribution is -2.14. The number of carbonyl (C=O) groups excluding carboxylic acids is 1. The van der Waals surface area contributed by atoms with Gasteiger partial charge in [0.05, 0.1) is 0 Å². The number of carbonyl (C=O) groups is 1. The van der Waals surface area contributed by atoms with Crippen LogP contribution >= 0.6 is 0 Å². The molecule has 2 nitrogen and oxygen atoms in total. The van der Waals surface area contributed by atoms with Crippen LogP contribution in [0.1, 0.15) is 70.0 Å². The minimum atomic E-state index is 0.0807. The van der Waals surface area contributed by atoms with Gasteiger partial charge in [-0.2, -0.15) is 0 Å². The Morgan fingerprint density at radius 2 is 0.867 bits per heavy atom. The van der Waals surface area contributed by atoms with E-state index in [0.29, 0.717) is 0 Å². The maximum Gasteiger partial charge on any atom is 0.159 e. The van der Waals surface area contributed by atoms with Crippen molar-refractivity contribution in [1.82, 2.24) is 0 Å². The normalized spacial score (nSPS) is 12.0. The molecule has 0 N–H and O–H groups in total. The SMILES string of the molecule is CC(=O)c1ccc(N(c2ccc(C(C)(C)C)cc2)c2ccc(C(C)(C)C)cc2)cc1. The molecule has 0 aromatic heterocycles. The first kappa shape index (κ1) is 21.8. The summed E-state index contributed by atoms with van der Waals surface area (Å²) in [5.41, 5.74) is 6.80. The molecule has 3 aromatic rings. The highest BCUT2D eigenvalue weighted by molar-refractivity contribution is 5.94. The van der Waals surface area contributed by atoms with Gasteiger partial charge < -0.3 is 4.90 Å². The predicted molar refractivity (Wildman–Crippen MR) is 129 cm³/mol. The van der Waals surface area contributed by atoms with Crippen molar-refractivity contribution in [2.75, 3.05) is 4.90 Å². The van der Waals surface area contributed by atoms with Gasteiger partial charge in [-0.3, -0.25) is 4.79 Å². The summed E-state index contributed by atoms with van der Waals surface area (Å²) in [4.78, 5) is 14.0. The Balaban J connectivity index is 2.08. The van der Waals surface area contributed by atoms with Crippen molar-refractivity contribution in [2.45, 2.75) is 59.3 Å². The van der Waals surface area contributed by atoms with E-state index in [-0.39, 0.29) is 16.6 Å². The molecule has 156 valence electrons. The van der Waals surface area contributed by atoms with Crippen molar-refractivity contribution < 1.29 is 4.79 Å². The van der Waals surface area contributed by atoms with Gasteiger partial charge in [0.25, 0.3) is 0 Å². The van der Waals surface area contributed by atoms with Gasteiger partial charge in [-0.15, -0.1) is 0 Å². The minimum Gasteiger partial charge on any atom is -0.311 e. The molecule has 0 fully saturated rings. The maximum atomic E-state index is 11.7. The first-order valence-corrected chi connectivity index (χ1v) is 10.6. The number of ketones is 1. The van der Waals surface area contributed by atoms with Crippen LogP contribution in [0.25, 0.3) is 0 Å². The molecule has 0 heterocycles. The summed E-state index contributed by atoms with van der Waals surface area (Å²) in [7, 11) is 0. The highest BCUT2D eigenvalue weighted by Crippen LogP contribution is 2.37. The van der Waals surface area contributed by atoms with E-state index in [4.69, 9.17) is 0 Å². The molecule has 2 heteroatoms. The fourth-order valence-corrected chi connectivity index (χ4v) is 3.51. The largest absolute Gasteiger partial charge is 0.311 e. The van der Waals surface area contributed by atoms with Crippen molar-refractivity contribution in [2.24, 2.45) is 0 Å². The van der Waals surface area contributed by atoms with Crippen LogP contribution in [0, 0.1) is 0 Å². The Labute approximate surface area is 181 Å². The number of rotatable bonds is 4. The third-order valence-corrected chi connectivity index (χ3v) is 5.52. The Hall–Kier alpha value is -2.87. The monoisotopic (exact) mass is 399 g/mol. The molecule has 3 rings (SSSR count). The van der Waals surface area contributed by atoms with Crippen molar-refractivity contribution in [3.8, 4) is 0 Å². The second-order valence-corrected chi connectivity index (χ2v) is 10.0. The van der Waals surface area contributed by atoms with Crippen LogP contribution in [-0.2, 0) is 10.8 Å². The number of nitrogens with zero attached hydrogens (tertiary/aromatic N) is 1. The van der Waals surface area contributed by atoms with Crippen molar-refractivity contribution in [3.05, 3.63) is 89.5 Å². The molecular formula is C28H33NO. The van der Waals surface area contributed by atoms with E-state index in [1.807, 2.05) is 24.3 Å². The number of benzene rings is 3. The van der Waals surface area contributed by atoms with Gasteiger partial charge in [-0.05, 0) is 77.4 Å². The molecule has 0 aliphatic rings. The van der Waals surface area contributed by atoms with Crippen LogP contribution in [-0.4, -0.2) is 5.78 Å². The summed E-state index contributed by atoms with van der Waals surface area (Å²) >= 11 is 0. The lowest BCUT2D eigenvalue weighted by molar-refractivity contribution is 0.101. The third kappa shape index (κ3) is 4.81. The molecular weight excluding hydrogens is 366 g/mol. The van der Waals surface area contributed by atoms with Crippen LogP contribution in [0.4, 0.5) is 17.1 Å². The zero-order chi connectivity index (χ0) is 22.1. The predicted octanol–water partition coefficient (Wildman–Crippen LogP) is 7.95. The lowest BCUT2D eigenvalue weighted by atomic mass is 9.86. The second-order valence-electron chi connectivity index (χ2n) is 10.0. The Morgan fingerprint density at radius 1 is 0.567 bits per heavy atom. The van der Waals surface area contributed by atoms with Gasteiger partial charge >= 0.3 is 0 Å². The molecule has 30 heavy (non-hydrogen) atoms. The summed E-state index contributed by atoms with van der Waals surface area (Å²) in [6.07, 6.45) is 0. The van der Waals surface area contributed by atoms with Crippen molar-refractivity contribution >= 4 is 22.8 Å². The molecule has 0 saturated carbocycles. The van der Waals surface area contributed by atoms with E-state index in [9.17, 15) is 4.79 Å². The molecule has 0 aliphatic carbocycles. The van der Waals surface area contributed by atoms with Gasteiger partial charge in [0.2, 0.25) is 0 Å². The smallest absolute Gasteiger partial charge is 0.159 e. The molecule has 0 aliphatic heterocycles. The van der Waals surface area contributed by atoms with E-state index < -0.39 is 0 Å². The van der Waals surface area contributed by atoms with E-state index in [1.54, 1.807) is 6.92 Å². The molecule has 0 unspecified atom stereocenters. The van der Waals surface area contributed by atoms with E-state index >= 15 is 0 Å². The molecule has 0 atom stereocenters. The lowest BCUT2D eigenvalue weighted by Gasteiger charge is -2.28. The molecule has 3 aromatic carbocycles. The first-order chi connectivity index (χ1) is 14.0. The maximum absolute atomic E-state index is 11.7. The number of hydrogen-bond acceptors (Lipinski definition) is 2. The fraction of sp³-hybridized carbons (Fsp3) is 0.321. The summed E-state index contributed by atoms with van der Waals surface area (Å²) in [6.45, 7) is 15.0. The third-order valence-electron chi connectivity index (χ3n) is 5.52. The van der Waals surface area contributed by atoms with Crippen molar-refractivity contribution in [3.63, 3.8) is 0 Å². The summed E-state index contributed by atoms with van der Waals surface area (Å²) in [6, 6.07) is 25.4. The van der Waals surface area contributed by atoms with Gasteiger partial charge in [-0.1, -0.05) is 65.8 Å². The van der Waals surface area contributed by atoms with Crippen LogP contribution in [0.15, 0.2) is 72.8 Å². The highest BCUT2D eigenvalue weighted by atomic mass is 16.1. The fourth-order valence-electron chi connectivity index (χ4n) is 3.51. The topological polar surface area (TPSA) is 20.3 Å². The first-order valence-electron chi connectivity index (χ1n) is 10.6. The summed E-state index contributed by atoms with van der Waals surface area (Å²) in [5.74, 6) is 0.0807. The Bertz CT molecular complexity index is 941. The van der Waals surface area contributed by atoms with Crippen molar-refractivity contribution in [1.29, 1.82) is 0 Å². The summed E-state index contributed by atoms with van der Waals surface area (Å²) < 4.78 is 0. The van der Waals surface area contributed by atoms with E-state index in [0.717, 1.165) is 22.6 Å². The van der Waals surface area contributed by atoms with Gasteiger partial charge in [0.15, 0.2) is 5.78 Å². The molecule has 0 bridgehead atoms. The molecule has 0 radical (unpaired) electrons. The van der Waals surface area contributed by atoms with Gasteiger partial charge in [-0.25, -0.2) is 0 Å². The van der Waals surface area contributed by atoms with Crippen LogP contribution in [0.5, 0.6) is 0 Å². The Morgan fingerprint density at radius 3 is 1.13 bits per heavy atom. The number of Topliss-reactive ketones (excluding diaryl/α,β-unsaturated/α-hetero) is 1. The van der Waals surface area contributed by atoms with E-state index in [2.05, 4.69) is 95.0 Å². The quantitative estimate of drug-likeness (QED) is 0.415. The number of hydrogen-bond donors (Lipinski definition) is 0. The highest BCUT2D eigenvalue weighted by Gasteiger charge is 2.18. The van der Waals surface area contributed by atoms with Crippen LogP contribution in [0.3, 0.4) is 0 Å². The Kier molecular flexibility index (Phi) is 5.90. The van der Waals surface area contributed by atoms with Crippen LogP contribution < -0.4 is 4.90 Å². The minimum absolute atomic E-state index is 0.0807. The molecule has 0 spiro atoms. The average Bonchev–Trinajstić information content (AvgIpc) is 2.68. The van der Waals surface area contributed by atoms with Crippen LogP contribution in [0.2, 0.25) is 0 Å². The molecule has 0 saturated heterocycles. The van der Waals surface area contributed by atoms with Gasteiger partial charge in [0.1, 0.15) is 0 Å². The average molecular weight is 400 g/mol. The van der Waals surface area contributed by atoms with Gasteiger partial charge in [0, 0.05) is 22.6 Å². The van der Waals surface area contributed by atoms with E-state index in [1.165, 1.54) is 11.1 Å². The standard InChI is InChI=1S/C28H33NO/c1-20(30)21-8-14-24(15-9-21)29(25-16-10-22(11-17-25)27(2,3)4)26-18-12-23(13-19-26)28(5,6)7/h8-19H,1-7H3. The zero-order valence-corrected chi connectivity index (χ0v) is 19.3. The summed E-state index contributed by atoms with van der Waals surface area (Å²) in [5, 5.41) is 0.